The molecule has 9 heteroatoms. The van der Waals surface area contributed by atoms with Gasteiger partial charge in [0.2, 0.25) is 5.95 Å². The van der Waals surface area contributed by atoms with E-state index >= 15 is 0 Å². The highest BCUT2D eigenvalue weighted by Gasteiger charge is 2.30. The van der Waals surface area contributed by atoms with Crippen LogP contribution in [0, 0.1) is 5.82 Å². The van der Waals surface area contributed by atoms with Crippen molar-refractivity contribution >= 4 is 22.8 Å². The second kappa shape index (κ2) is 7.40. The molecule has 30 heavy (non-hydrogen) atoms. The molecule has 0 radical (unpaired) electrons. The highest BCUT2D eigenvalue weighted by atomic mass is 19.1. The summed E-state index contributed by atoms with van der Waals surface area (Å²) < 4.78 is 18.4. The zero-order valence-electron chi connectivity index (χ0n) is 17.3. The first-order valence-electron chi connectivity index (χ1n) is 9.74. The van der Waals surface area contributed by atoms with E-state index in [0.29, 0.717) is 18.0 Å². The summed E-state index contributed by atoms with van der Waals surface area (Å²) >= 11 is 0. The van der Waals surface area contributed by atoms with Crippen molar-refractivity contribution in [3.63, 3.8) is 0 Å². The SMILES string of the molecule is C/C=C/CN1N=C(C)[C@@H](C)n2c1nc1c2c(=O)n(Cc2ccccc2F)c(=O)n1C. The van der Waals surface area contributed by atoms with Crippen LogP contribution in [0.2, 0.25) is 0 Å². The summed E-state index contributed by atoms with van der Waals surface area (Å²) in [5, 5.41) is 6.30. The quantitative estimate of drug-likeness (QED) is 0.619. The Balaban J connectivity index is 1.98. The first kappa shape index (κ1) is 19.8. The van der Waals surface area contributed by atoms with Crippen LogP contribution in [0.4, 0.5) is 10.3 Å². The number of aromatic nitrogens is 4. The van der Waals surface area contributed by atoms with Crippen LogP contribution in [0.15, 0.2) is 51.1 Å². The number of imidazole rings is 1. The van der Waals surface area contributed by atoms with E-state index in [4.69, 9.17) is 0 Å². The number of nitrogens with zero attached hydrogens (tertiary/aromatic N) is 6. The van der Waals surface area contributed by atoms with Gasteiger partial charge in [-0.05, 0) is 26.8 Å². The van der Waals surface area contributed by atoms with Crippen molar-refractivity contribution in [2.24, 2.45) is 12.1 Å². The van der Waals surface area contributed by atoms with Gasteiger partial charge in [0.25, 0.3) is 5.56 Å². The van der Waals surface area contributed by atoms with Crippen LogP contribution >= 0.6 is 0 Å². The Morgan fingerprint density at radius 1 is 1.23 bits per heavy atom. The van der Waals surface area contributed by atoms with Crippen molar-refractivity contribution in [1.82, 2.24) is 18.7 Å². The molecule has 0 unspecified atom stereocenters. The Morgan fingerprint density at radius 3 is 2.67 bits per heavy atom. The van der Waals surface area contributed by atoms with Gasteiger partial charge in [0.05, 0.1) is 24.8 Å². The van der Waals surface area contributed by atoms with Gasteiger partial charge >= 0.3 is 5.69 Å². The summed E-state index contributed by atoms with van der Waals surface area (Å²) in [6.45, 7) is 6.07. The van der Waals surface area contributed by atoms with Gasteiger partial charge < -0.3 is 0 Å². The molecule has 0 bridgehead atoms. The number of fused-ring (bicyclic) bond motifs is 3. The lowest BCUT2D eigenvalue weighted by Gasteiger charge is -2.28. The van der Waals surface area contributed by atoms with E-state index in [2.05, 4.69) is 10.1 Å². The summed E-state index contributed by atoms with van der Waals surface area (Å²) in [6.07, 6.45) is 3.85. The largest absolute Gasteiger partial charge is 0.332 e. The first-order valence-corrected chi connectivity index (χ1v) is 9.74. The number of halogens is 1. The number of anilines is 1. The third-order valence-electron chi connectivity index (χ3n) is 5.46. The minimum atomic E-state index is -0.545. The number of hydrogen-bond donors (Lipinski definition) is 0. The van der Waals surface area contributed by atoms with Crippen LogP contribution in [0.3, 0.4) is 0 Å². The lowest BCUT2D eigenvalue weighted by molar-refractivity contribution is 0.580. The molecule has 0 saturated carbocycles. The predicted octanol–water partition coefficient (Wildman–Crippen LogP) is 2.42. The number of allylic oxidation sites excluding steroid dienone is 1. The second-order valence-electron chi connectivity index (χ2n) is 7.35. The number of hydrazone groups is 1. The average molecular weight is 410 g/mol. The molecule has 8 nitrogen and oxygen atoms in total. The van der Waals surface area contributed by atoms with Gasteiger partial charge in [0.15, 0.2) is 11.2 Å². The Hall–Kier alpha value is -3.49. The maximum absolute atomic E-state index is 14.2. The van der Waals surface area contributed by atoms with Crippen LogP contribution in [-0.2, 0) is 13.6 Å². The zero-order valence-corrected chi connectivity index (χ0v) is 17.3. The van der Waals surface area contributed by atoms with E-state index in [9.17, 15) is 14.0 Å². The molecule has 1 atom stereocenters. The van der Waals surface area contributed by atoms with Crippen molar-refractivity contribution in [1.29, 1.82) is 0 Å². The predicted molar refractivity (Wildman–Crippen MR) is 115 cm³/mol. The smallest absolute Gasteiger partial charge is 0.294 e. The molecule has 1 aliphatic rings. The molecule has 3 aromatic rings. The van der Waals surface area contributed by atoms with Gasteiger partial charge in [-0.25, -0.2) is 14.2 Å². The van der Waals surface area contributed by atoms with Crippen LogP contribution in [0.1, 0.15) is 32.4 Å². The van der Waals surface area contributed by atoms with E-state index < -0.39 is 17.1 Å². The Kier molecular flexibility index (Phi) is 4.89. The minimum absolute atomic E-state index is 0.154. The Morgan fingerprint density at radius 2 is 1.97 bits per heavy atom. The van der Waals surface area contributed by atoms with Gasteiger partial charge in [0.1, 0.15) is 5.82 Å². The summed E-state index contributed by atoms with van der Waals surface area (Å²) in [5.41, 5.74) is 0.636. The normalized spacial score (nSPS) is 16.4. The fourth-order valence-corrected chi connectivity index (χ4v) is 3.65. The molecule has 0 N–H and O–H groups in total. The van der Waals surface area contributed by atoms with Crippen LogP contribution < -0.4 is 16.3 Å². The van der Waals surface area contributed by atoms with Crippen molar-refractivity contribution in [3.8, 4) is 0 Å². The third-order valence-corrected chi connectivity index (χ3v) is 5.46. The topological polar surface area (TPSA) is 77.4 Å². The standard InChI is InChI=1S/C21H23FN6O2/c1-5-6-11-27-20-23-18-17(28(20)14(3)13(2)24-27)19(29)26(21(30)25(18)4)12-15-9-7-8-10-16(15)22/h5-10,14H,11-12H2,1-4H3/b6-5+/t14-/m1/s1. The third kappa shape index (κ3) is 2.97. The molecular weight excluding hydrogens is 387 g/mol. The van der Waals surface area contributed by atoms with Crippen LogP contribution in [-0.4, -0.2) is 30.9 Å². The minimum Gasteiger partial charge on any atom is -0.294 e. The number of aryl methyl sites for hydroxylation is 1. The average Bonchev–Trinajstić information content (AvgIpc) is 3.14. The zero-order chi connectivity index (χ0) is 21.6. The highest BCUT2D eigenvalue weighted by Crippen LogP contribution is 2.29. The van der Waals surface area contributed by atoms with Crippen molar-refractivity contribution in [3.05, 3.63) is 68.6 Å². The summed E-state index contributed by atoms with van der Waals surface area (Å²) in [4.78, 5) is 30.9. The maximum atomic E-state index is 14.2. The van der Waals surface area contributed by atoms with Crippen LogP contribution in [0.5, 0.6) is 0 Å². The molecule has 1 aliphatic heterocycles. The Labute approximate surface area is 172 Å². The van der Waals surface area contributed by atoms with Crippen molar-refractivity contribution in [2.45, 2.75) is 33.4 Å². The fraction of sp³-hybridized carbons (Fsp3) is 0.333. The molecule has 0 amide bonds. The summed E-state index contributed by atoms with van der Waals surface area (Å²) in [6, 6.07) is 5.91. The molecule has 0 aliphatic carbocycles. The van der Waals surface area contributed by atoms with Crippen molar-refractivity contribution in [2.75, 3.05) is 11.6 Å². The molecule has 2 aromatic heterocycles. The molecule has 4 rings (SSSR count). The molecule has 0 fully saturated rings. The van der Waals surface area contributed by atoms with E-state index in [-0.39, 0.29) is 23.8 Å². The van der Waals surface area contributed by atoms with Gasteiger partial charge in [-0.2, -0.15) is 10.1 Å². The Bertz CT molecular complexity index is 1310. The van der Waals surface area contributed by atoms with Gasteiger partial charge in [-0.3, -0.25) is 18.5 Å². The monoisotopic (exact) mass is 410 g/mol. The van der Waals surface area contributed by atoms with E-state index in [1.54, 1.807) is 34.8 Å². The summed E-state index contributed by atoms with van der Waals surface area (Å²) in [7, 11) is 1.57. The van der Waals surface area contributed by atoms with Crippen molar-refractivity contribution < 1.29 is 4.39 Å². The van der Waals surface area contributed by atoms with Gasteiger partial charge in [-0.1, -0.05) is 30.4 Å². The van der Waals surface area contributed by atoms with E-state index in [1.165, 1.54) is 10.6 Å². The van der Waals surface area contributed by atoms with E-state index in [0.717, 1.165) is 10.3 Å². The molecule has 3 heterocycles. The van der Waals surface area contributed by atoms with Gasteiger partial charge in [0, 0.05) is 12.6 Å². The molecular formula is C21H23FN6O2. The molecule has 156 valence electrons. The van der Waals surface area contributed by atoms with Gasteiger partial charge in [-0.15, -0.1) is 0 Å². The molecule has 0 saturated heterocycles. The number of rotatable bonds is 4. The highest BCUT2D eigenvalue weighted by molar-refractivity contribution is 5.91. The first-order chi connectivity index (χ1) is 14.3. The van der Waals surface area contributed by atoms with E-state index in [1.807, 2.05) is 32.9 Å². The fourth-order valence-electron chi connectivity index (χ4n) is 3.65. The molecule has 1 aromatic carbocycles. The molecule has 0 spiro atoms. The second-order valence-corrected chi connectivity index (χ2v) is 7.35. The summed E-state index contributed by atoms with van der Waals surface area (Å²) in [5.74, 6) is 0.0349. The lowest BCUT2D eigenvalue weighted by atomic mass is 10.2. The lowest BCUT2D eigenvalue weighted by Crippen LogP contribution is -2.40. The number of hydrogen-bond acceptors (Lipinski definition) is 5. The number of benzene rings is 1. The maximum Gasteiger partial charge on any atom is 0.332 e. The van der Waals surface area contributed by atoms with Crippen LogP contribution in [0.25, 0.3) is 11.2 Å².